The van der Waals surface area contributed by atoms with Crippen molar-refractivity contribution in [2.75, 3.05) is 13.7 Å². The Hall–Kier alpha value is -2.13. The molecule has 1 aromatic rings. The van der Waals surface area contributed by atoms with Crippen LogP contribution in [0.1, 0.15) is 24.6 Å². The summed E-state index contributed by atoms with van der Waals surface area (Å²) >= 11 is 0. The molecule has 0 N–H and O–H groups in total. The first-order valence-corrected chi connectivity index (χ1v) is 5.94. The number of rotatable bonds is 6. The van der Waals surface area contributed by atoms with Gasteiger partial charge in [0.05, 0.1) is 26.3 Å². The molecule has 0 saturated heterocycles. The zero-order valence-corrected chi connectivity index (χ0v) is 11.5. The highest BCUT2D eigenvalue weighted by Crippen LogP contribution is 2.38. The van der Waals surface area contributed by atoms with Gasteiger partial charge >= 0.3 is 12.3 Å². The molecule has 0 aliphatic heterocycles. The van der Waals surface area contributed by atoms with Crippen molar-refractivity contribution in [3.8, 4) is 11.5 Å². The van der Waals surface area contributed by atoms with Gasteiger partial charge < -0.3 is 14.2 Å². The van der Waals surface area contributed by atoms with Crippen LogP contribution in [0, 0.1) is 0 Å². The number of esters is 1. The van der Waals surface area contributed by atoms with Crippen molar-refractivity contribution in [1.29, 1.82) is 0 Å². The van der Waals surface area contributed by atoms with Crippen molar-refractivity contribution in [3.05, 3.63) is 17.5 Å². The standard InChI is InChI=1S/C12H12F5NO4/c1-3-21-8(19)4-6-9(11(13)14)18-5-7(10(6)20-2)22-12(15,16)17/h5,11H,3-4H2,1-2H3. The molecule has 0 saturated carbocycles. The molecule has 22 heavy (non-hydrogen) atoms. The third kappa shape index (κ3) is 4.71. The van der Waals surface area contributed by atoms with Crippen molar-refractivity contribution in [1.82, 2.24) is 4.98 Å². The van der Waals surface area contributed by atoms with Gasteiger partial charge in [-0.05, 0) is 6.92 Å². The van der Waals surface area contributed by atoms with Crippen molar-refractivity contribution in [2.45, 2.75) is 26.1 Å². The summed E-state index contributed by atoms with van der Waals surface area (Å²) in [6.07, 6.45) is -8.44. The Balaban J connectivity index is 3.32. The fraction of sp³-hybridized carbons (Fsp3) is 0.500. The zero-order valence-electron chi connectivity index (χ0n) is 11.5. The molecule has 0 radical (unpaired) electrons. The molecule has 0 amide bonds. The first-order chi connectivity index (χ1) is 10.2. The topological polar surface area (TPSA) is 57.7 Å². The first kappa shape index (κ1) is 17.9. The van der Waals surface area contributed by atoms with Gasteiger partial charge in [0, 0.05) is 5.56 Å². The van der Waals surface area contributed by atoms with Crippen LogP contribution in [-0.2, 0) is 16.0 Å². The van der Waals surface area contributed by atoms with Gasteiger partial charge in [-0.1, -0.05) is 0 Å². The third-order valence-corrected chi connectivity index (χ3v) is 2.39. The Morgan fingerprint density at radius 3 is 2.45 bits per heavy atom. The molecule has 0 aliphatic carbocycles. The molecular formula is C12H12F5NO4. The summed E-state index contributed by atoms with van der Waals surface area (Å²) in [7, 11) is 0.961. The van der Waals surface area contributed by atoms with Gasteiger partial charge in [0.2, 0.25) is 0 Å². The van der Waals surface area contributed by atoms with E-state index in [1.54, 1.807) is 0 Å². The summed E-state index contributed by atoms with van der Waals surface area (Å²) in [6, 6.07) is 0. The third-order valence-electron chi connectivity index (χ3n) is 2.39. The molecular weight excluding hydrogens is 317 g/mol. The average molecular weight is 329 g/mol. The lowest BCUT2D eigenvalue weighted by Crippen LogP contribution is -2.19. The molecule has 0 fully saturated rings. The van der Waals surface area contributed by atoms with Crippen molar-refractivity contribution in [3.63, 3.8) is 0 Å². The van der Waals surface area contributed by atoms with Crippen molar-refractivity contribution < 1.29 is 41.0 Å². The highest BCUT2D eigenvalue weighted by atomic mass is 19.4. The van der Waals surface area contributed by atoms with Gasteiger partial charge in [0.1, 0.15) is 5.69 Å². The fourth-order valence-corrected chi connectivity index (χ4v) is 1.67. The predicted octanol–water partition coefficient (Wildman–Crippen LogP) is 3.03. The SMILES string of the molecule is CCOC(=O)Cc1c(C(F)F)ncc(OC(F)(F)F)c1OC. The Morgan fingerprint density at radius 2 is 2.00 bits per heavy atom. The Kier molecular flexibility index (Phi) is 5.89. The first-order valence-electron chi connectivity index (χ1n) is 5.94. The molecule has 0 spiro atoms. The second-order valence-corrected chi connectivity index (χ2v) is 3.85. The van der Waals surface area contributed by atoms with Gasteiger partial charge in [-0.2, -0.15) is 0 Å². The minimum atomic E-state index is -5.07. The van der Waals surface area contributed by atoms with Crippen molar-refractivity contribution in [2.24, 2.45) is 0 Å². The lowest BCUT2D eigenvalue weighted by atomic mass is 10.1. The van der Waals surface area contributed by atoms with Gasteiger partial charge in [-0.25, -0.2) is 8.78 Å². The highest BCUT2D eigenvalue weighted by Gasteiger charge is 2.34. The van der Waals surface area contributed by atoms with Gasteiger partial charge in [-0.15, -0.1) is 13.2 Å². The van der Waals surface area contributed by atoms with E-state index in [-0.39, 0.29) is 6.61 Å². The largest absolute Gasteiger partial charge is 0.573 e. The maximum Gasteiger partial charge on any atom is 0.573 e. The molecule has 124 valence electrons. The number of halogens is 5. The summed E-state index contributed by atoms with van der Waals surface area (Å²) in [5.74, 6) is -2.47. The number of hydrogen-bond donors (Lipinski definition) is 0. The summed E-state index contributed by atoms with van der Waals surface area (Å²) in [5.41, 5.74) is -1.39. The van der Waals surface area contributed by atoms with Gasteiger partial charge in [0.25, 0.3) is 6.43 Å². The Bertz CT molecular complexity index is 533. The van der Waals surface area contributed by atoms with E-state index in [4.69, 9.17) is 0 Å². The fourth-order valence-electron chi connectivity index (χ4n) is 1.67. The van der Waals surface area contributed by atoms with Crippen LogP contribution in [0.5, 0.6) is 11.5 Å². The van der Waals surface area contributed by atoms with Crippen LogP contribution >= 0.6 is 0 Å². The summed E-state index contributed by atoms with van der Waals surface area (Å²) < 4.78 is 75.6. The Labute approximate surface area is 122 Å². The van der Waals surface area contributed by atoms with E-state index in [1.165, 1.54) is 6.92 Å². The maximum absolute atomic E-state index is 12.9. The molecule has 0 bridgehead atoms. The van der Waals surface area contributed by atoms with E-state index < -0.39 is 47.9 Å². The minimum Gasteiger partial charge on any atom is -0.492 e. The van der Waals surface area contributed by atoms with E-state index in [9.17, 15) is 26.7 Å². The number of alkyl halides is 5. The van der Waals surface area contributed by atoms with Crippen LogP contribution in [0.25, 0.3) is 0 Å². The number of nitrogens with zero attached hydrogens (tertiary/aromatic N) is 1. The van der Waals surface area contributed by atoms with E-state index >= 15 is 0 Å². The van der Waals surface area contributed by atoms with Crippen LogP contribution in [0.3, 0.4) is 0 Å². The zero-order chi connectivity index (χ0) is 16.9. The number of methoxy groups -OCH3 is 1. The van der Waals surface area contributed by atoms with E-state index in [1.807, 2.05) is 0 Å². The number of ether oxygens (including phenoxy) is 3. The monoisotopic (exact) mass is 329 g/mol. The average Bonchev–Trinajstić information content (AvgIpc) is 2.37. The lowest BCUT2D eigenvalue weighted by Gasteiger charge is -2.17. The molecule has 1 heterocycles. The van der Waals surface area contributed by atoms with E-state index in [2.05, 4.69) is 19.2 Å². The number of hydrogen-bond acceptors (Lipinski definition) is 5. The molecule has 1 aromatic heterocycles. The molecule has 10 heteroatoms. The van der Waals surface area contributed by atoms with E-state index in [0.717, 1.165) is 7.11 Å². The maximum atomic E-state index is 12.9. The smallest absolute Gasteiger partial charge is 0.492 e. The molecule has 0 aromatic carbocycles. The van der Waals surface area contributed by atoms with Gasteiger partial charge in [0.15, 0.2) is 11.5 Å². The number of carbonyl (C=O) groups is 1. The van der Waals surface area contributed by atoms with Gasteiger partial charge in [-0.3, -0.25) is 9.78 Å². The minimum absolute atomic E-state index is 0.0165. The van der Waals surface area contributed by atoms with Crippen LogP contribution in [0.2, 0.25) is 0 Å². The quantitative estimate of drug-likeness (QED) is 0.593. The molecule has 1 rings (SSSR count). The summed E-state index contributed by atoms with van der Waals surface area (Å²) in [6.45, 7) is 1.47. The highest BCUT2D eigenvalue weighted by molar-refractivity contribution is 5.74. The predicted molar refractivity (Wildman–Crippen MR) is 62.8 cm³/mol. The molecule has 0 atom stereocenters. The molecule has 5 nitrogen and oxygen atoms in total. The number of aromatic nitrogens is 1. The summed E-state index contributed by atoms with van der Waals surface area (Å²) in [4.78, 5) is 14.7. The van der Waals surface area contributed by atoms with E-state index in [0.29, 0.717) is 6.20 Å². The summed E-state index contributed by atoms with van der Waals surface area (Å²) in [5, 5.41) is 0. The van der Waals surface area contributed by atoms with Crippen LogP contribution < -0.4 is 9.47 Å². The second kappa shape index (κ2) is 7.23. The number of pyridine rings is 1. The second-order valence-electron chi connectivity index (χ2n) is 3.85. The van der Waals surface area contributed by atoms with Crippen LogP contribution in [-0.4, -0.2) is 31.0 Å². The lowest BCUT2D eigenvalue weighted by molar-refractivity contribution is -0.275. The molecule has 0 unspecified atom stereocenters. The normalized spacial score (nSPS) is 11.5. The van der Waals surface area contributed by atoms with Crippen LogP contribution in [0.4, 0.5) is 22.0 Å². The van der Waals surface area contributed by atoms with Crippen LogP contribution in [0.15, 0.2) is 6.20 Å². The molecule has 0 aliphatic rings. The Morgan fingerprint density at radius 1 is 1.36 bits per heavy atom. The number of carbonyl (C=O) groups excluding carboxylic acids is 1. The van der Waals surface area contributed by atoms with Crippen molar-refractivity contribution >= 4 is 5.97 Å².